The fourth-order valence-electron chi connectivity index (χ4n) is 5.50. The molecule has 4 rings (SSSR count). The third kappa shape index (κ3) is 3.44. The molecule has 12 heteroatoms. The Balaban J connectivity index is 1.96. The lowest BCUT2D eigenvalue weighted by Crippen LogP contribution is -2.64. The van der Waals surface area contributed by atoms with Crippen LogP contribution in [0.1, 0.15) is 43.2 Å². The van der Waals surface area contributed by atoms with Crippen LogP contribution in [0.2, 0.25) is 0 Å². The van der Waals surface area contributed by atoms with Crippen molar-refractivity contribution in [1.82, 2.24) is 0 Å². The number of carbonyl (C=O) groups excluding carboxylic acids is 4. The fraction of sp³-hybridized carbons (Fsp3) is 0.375. The van der Waals surface area contributed by atoms with E-state index in [0.29, 0.717) is 5.56 Å². The summed E-state index contributed by atoms with van der Waals surface area (Å²) >= 11 is 0. The molecule has 1 unspecified atom stereocenters. The maximum absolute atomic E-state index is 13.7. The van der Waals surface area contributed by atoms with E-state index in [9.17, 15) is 44.4 Å². The molecule has 7 N–H and O–H groups in total. The molecule has 0 saturated heterocycles. The van der Waals surface area contributed by atoms with Crippen molar-refractivity contribution in [3.05, 3.63) is 46.2 Å². The number of fused-ring (bicyclic) bond motifs is 3. The summed E-state index contributed by atoms with van der Waals surface area (Å²) in [6.45, 7) is 1.61. The van der Waals surface area contributed by atoms with Crippen LogP contribution >= 0.6 is 0 Å². The molecule has 0 radical (unpaired) electrons. The summed E-state index contributed by atoms with van der Waals surface area (Å²) in [7, 11) is 0. The fourth-order valence-corrected chi connectivity index (χ4v) is 5.50. The molecule has 0 aromatic heterocycles. The Bertz CT molecular complexity index is 1290. The van der Waals surface area contributed by atoms with Crippen LogP contribution in [0.15, 0.2) is 35.1 Å². The highest BCUT2D eigenvalue weighted by molar-refractivity contribution is 6.23. The van der Waals surface area contributed by atoms with Crippen LogP contribution in [0.3, 0.4) is 0 Å². The van der Waals surface area contributed by atoms with Crippen molar-refractivity contribution in [2.45, 2.75) is 43.8 Å². The van der Waals surface area contributed by atoms with Crippen molar-refractivity contribution in [2.24, 2.45) is 17.6 Å². The number of phenolic OH excluding ortho intramolecular Hbond substituents is 1. The number of aliphatic hydroxyl groups excluding tert-OH is 2. The van der Waals surface area contributed by atoms with E-state index in [-0.39, 0.29) is 11.3 Å². The number of carboxylic acids is 1. The lowest BCUT2D eigenvalue weighted by atomic mass is 9.55. The second-order valence-corrected chi connectivity index (χ2v) is 9.08. The Kier molecular flexibility index (Phi) is 5.87. The maximum atomic E-state index is 13.7. The smallest absolute Gasteiger partial charge is 0.306 e. The molecule has 0 heterocycles. The number of carboxylic acid groups (broad SMARTS) is 1. The van der Waals surface area contributed by atoms with Gasteiger partial charge in [0.15, 0.2) is 11.4 Å². The largest absolute Gasteiger partial charge is 0.508 e. The summed E-state index contributed by atoms with van der Waals surface area (Å²) < 4.78 is 5.53. The molecular weight excluding hydrogens is 478 g/mol. The minimum absolute atomic E-state index is 0.104. The van der Waals surface area contributed by atoms with Crippen LogP contribution in [0.25, 0.3) is 5.76 Å². The van der Waals surface area contributed by atoms with Gasteiger partial charge in [0.05, 0.1) is 18.4 Å². The second-order valence-electron chi connectivity index (χ2n) is 9.08. The number of ketones is 2. The highest BCUT2D eigenvalue weighted by Crippen LogP contribution is 2.56. The average molecular weight is 501 g/mol. The monoisotopic (exact) mass is 501 g/mol. The van der Waals surface area contributed by atoms with Gasteiger partial charge in [-0.3, -0.25) is 24.0 Å². The Morgan fingerprint density at radius 1 is 1.14 bits per heavy atom. The normalized spacial score (nSPS) is 29.3. The zero-order valence-corrected chi connectivity index (χ0v) is 18.9. The number of nitrogens with two attached hydrogens (primary N) is 1. The number of benzene rings is 1. The summed E-state index contributed by atoms with van der Waals surface area (Å²) in [5, 5.41) is 52.6. The van der Waals surface area contributed by atoms with Crippen molar-refractivity contribution < 1.29 is 54.2 Å². The zero-order valence-electron chi connectivity index (χ0n) is 18.9. The van der Waals surface area contributed by atoms with Gasteiger partial charge in [-0.05, 0) is 17.5 Å². The van der Waals surface area contributed by atoms with Crippen molar-refractivity contribution in [3.8, 4) is 5.75 Å². The van der Waals surface area contributed by atoms with Crippen LogP contribution in [-0.4, -0.2) is 66.6 Å². The number of Topliss-reactive ketones (excluding diaryl/α,β-unsaturated/α-hetero) is 2. The van der Waals surface area contributed by atoms with Crippen molar-refractivity contribution in [1.29, 1.82) is 0 Å². The van der Waals surface area contributed by atoms with E-state index in [1.165, 1.54) is 12.1 Å². The molecule has 1 aromatic carbocycles. The van der Waals surface area contributed by atoms with Gasteiger partial charge in [-0.1, -0.05) is 19.1 Å². The molecule has 3 aliphatic carbocycles. The Labute approximate surface area is 203 Å². The topological polar surface area (TPSA) is 222 Å². The van der Waals surface area contributed by atoms with E-state index in [1.807, 2.05) is 0 Å². The minimum Gasteiger partial charge on any atom is -0.508 e. The van der Waals surface area contributed by atoms with Gasteiger partial charge in [-0.2, -0.15) is 0 Å². The van der Waals surface area contributed by atoms with Crippen LogP contribution < -0.4 is 5.73 Å². The number of phenols is 1. The number of aliphatic carboxylic acids is 1. The van der Waals surface area contributed by atoms with Gasteiger partial charge >= 0.3 is 11.9 Å². The van der Waals surface area contributed by atoms with E-state index in [4.69, 9.17) is 15.6 Å². The van der Waals surface area contributed by atoms with Gasteiger partial charge in [-0.15, -0.1) is 0 Å². The van der Waals surface area contributed by atoms with Crippen LogP contribution in [-0.2, 0) is 28.7 Å². The molecular formula is C24H23NO11. The molecule has 1 fully saturated rings. The number of rotatable bonds is 5. The van der Waals surface area contributed by atoms with Gasteiger partial charge in [0.1, 0.15) is 28.9 Å². The molecule has 12 nitrogen and oxygen atoms in total. The molecule has 190 valence electrons. The van der Waals surface area contributed by atoms with E-state index in [2.05, 4.69) is 0 Å². The summed E-state index contributed by atoms with van der Waals surface area (Å²) in [6, 6.07) is 4.32. The number of primary amides is 1. The number of amides is 1. The second kappa shape index (κ2) is 8.48. The third-order valence-electron chi connectivity index (χ3n) is 7.15. The maximum Gasteiger partial charge on any atom is 0.306 e. The molecule has 1 amide bonds. The highest BCUT2D eigenvalue weighted by atomic mass is 16.5. The van der Waals surface area contributed by atoms with Crippen LogP contribution in [0.4, 0.5) is 0 Å². The standard InChI is InChI=1S/C24H23NO11/c1-8-9-3-2-4-11(26)16(9)19(31)18-15(8)20(36-14(30)6-5-13(28)29)10-7-12(27)17(23(25)34)21(32)24(10,35)22(18)33/h2-4,8,10,15,20,26,31-32,35H,5-7H2,1H3,(H2,25,34)(H,28,29)/t8-,10+,15+,20+,24?/m0/s1. The third-order valence-corrected chi connectivity index (χ3v) is 7.15. The number of ether oxygens (including phenoxy) is 1. The van der Waals surface area contributed by atoms with Crippen molar-refractivity contribution >= 4 is 35.2 Å². The number of hydrogen-bond donors (Lipinski definition) is 6. The number of hydrogen-bond acceptors (Lipinski definition) is 10. The van der Waals surface area contributed by atoms with E-state index >= 15 is 0 Å². The van der Waals surface area contributed by atoms with Gasteiger partial charge in [-0.25, -0.2) is 0 Å². The first-order chi connectivity index (χ1) is 16.8. The quantitative estimate of drug-likeness (QED) is 0.239. The van der Waals surface area contributed by atoms with Gasteiger partial charge in [0.2, 0.25) is 5.78 Å². The lowest BCUT2D eigenvalue weighted by Gasteiger charge is -2.51. The molecule has 0 aliphatic heterocycles. The summed E-state index contributed by atoms with van der Waals surface area (Å²) in [6.07, 6.45) is -3.39. The van der Waals surface area contributed by atoms with Gasteiger partial charge < -0.3 is 36.0 Å². The van der Waals surface area contributed by atoms with Gasteiger partial charge in [0, 0.05) is 23.8 Å². The SMILES string of the molecule is C[C@H]1c2cccc(O)c2C(O)=C2C(=O)C3(O)C(O)=C(C(N)=O)C(=O)C[C@@H]3[C@@H](OC(=O)CCC(=O)O)[C@@H]21. The highest BCUT2D eigenvalue weighted by Gasteiger charge is 2.66. The van der Waals surface area contributed by atoms with Crippen molar-refractivity contribution in [2.75, 3.05) is 0 Å². The predicted octanol–water partition coefficient (Wildman–Crippen LogP) is 0.371. The molecule has 5 atom stereocenters. The first kappa shape index (κ1) is 24.9. The number of esters is 1. The summed E-state index contributed by atoms with van der Waals surface area (Å²) in [5.41, 5.74) is 1.00. The van der Waals surface area contributed by atoms with Crippen LogP contribution in [0.5, 0.6) is 5.75 Å². The lowest BCUT2D eigenvalue weighted by molar-refractivity contribution is -0.179. The number of aliphatic hydroxyl groups is 3. The van der Waals surface area contributed by atoms with E-state index in [0.717, 1.165) is 0 Å². The first-order valence-electron chi connectivity index (χ1n) is 11.0. The van der Waals surface area contributed by atoms with E-state index < -0.39 is 101 Å². The summed E-state index contributed by atoms with van der Waals surface area (Å²) in [5.74, 6) is -11.9. The summed E-state index contributed by atoms with van der Waals surface area (Å²) in [4.78, 5) is 61.7. The molecule has 3 aliphatic rings. The predicted molar refractivity (Wildman–Crippen MR) is 118 cm³/mol. The van der Waals surface area contributed by atoms with Crippen LogP contribution in [0, 0.1) is 11.8 Å². The van der Waals surface area contributed by atoms with Gasteiger partial charge in [0.25, 0.3) is 5.91 Å². The molecule has 1 aromatic rings. The Hall–Kier alpha value is -4.19. The molecule has 0 bridgehead atoms. The molecule has 0 spiro atoms. The van der Waals surface area contributed by atoms with E-state index in [1.54, 1.807) is 13.0 Å². The Morgan fingerprint density at radius 2 is 1.81 bits per heavy atom. The Morgan fingerprint density at radius 3 is 2.42 bits per heavy atom. The van der Waals surface area contributed by atoms with Crippen molar-refractivity contribution in [3.63, 3.8) is 0 Å². The first-order valence-corrected chi connectivity index (χ1v) is 11.0. The number of aromatic hydroxyl groups is 1. The zero-order chi connectivity index (χ0) is 26.7. The molecule has 1 saturated carbocycles. The number of carbonyl (C=O) groups is 5. The molecule has 36 heavy (non-hydrogen) atoms. The average Bonchev–Trinajstić information content (AvgIpc) is 2.79. The minimum atomic E-state index is -2.97.